The van der Waals surface area contributed by atoms with Crippen LogP contribution in [0.5, 0.6) is 5.75 Å². The van der Waals surface area contributed by atoms with Crippen molar-refractivity contribution in [3.63, 3.8) is 0 Å². The molecule has 3 nitrogen and oxygen atoms in total. The molecular weight excluding hydrogens is 320 g/mol. The number of benzene rings is 1. The highest BCUT2D eigenvalue weighted by molar-refractivity contribution is 9.10. The van der Waals surface area contributed by atoms with Gasteiger partial charge in [-0.15, -0.1) is 0 Å². The minimum atomic E-state index is -0.334. The van der Waals surface area contributed by atoms with Crippen molar-refractivity contribution in [2.24, 2.45) is 5.41 Å². The lowest BCUT2D eigenvalue weighted by Gasteiger charge is -2.16. The van der Waals surface area contributed by atoms with Crippen LogP contribution in [0.2, 0.25) is 0 Å². The van der Waals surface area contributed by atoms with Gasteiger partial charge in [0.15, 0.2) is 0 Å². The topological polar surface area (TPSA) is 35.5 Å². The highest BCUT2D eigenvalue weighted by Gasteiger charge is 2.61. The fourth-order valence-corrected chi connectivity index (χ4v) is 3.48. The van der Waals surface area contributed by atoms with Crippen LogP contribution in [0.25, 0.3) is 0 Å². The predicted octanol–water partition coefficient (Wildman–Crippen LogP) is 4.29. The van der Waals surface area contributed by atoms with E-state index in [4.69, 9.17) is 9.47 Å². The number of carbonyl (C=O) groups is 1. The average Bonchev–Trinajstić information content (AvgIpc) is 3.16. The standard InChI is InChI=1S/C16H21BrO3/c1-4-8-16(15(18)20-5-2)10-13(16)12-9-11(19-3)6-7-14(12)17/h6-7,9,13H,4-5,8,10H2,1-3H3. The molecule has 0 aromatic heterocycles. The van der Waals surface area contributed by atoms with Crippen LogP contribution in [-0.2, 0) is 9.53 Å². The van der Waals surface area contributed by atoms with E-state index in [0.29, 0.717) is 6.61 Å². The van der Waals surface area contributed by atoms with Crippen LogP contribution in [0.1, 0.15) is 44.6 Å². The molecule has 0 spiro atoms. The molecule has 110 valence electrons. The zero-order chi connectivity index (χ0) is 14.8. The summed E-state index contributed by atoms with van der Waals surface area (Å²) in [5.41, 5.74) is 0.811. The van der Waals surface area contributed by atoms with Crippen LogP contribution in [0.15, 0.2) is 22.7 Å². The van der Waals surface area contributed by atoms with E-state index in [9.17, 15) is 4.79 Å². The van der Waals surface area contributed by atoms with Crippen molar-refractivity contribution in [1.82, 2.24) is 0 Å². The molecule has 1 aromatic rings. The van der Waals surface area contributed by atoms with Gasteiger partial charge in [0, 0.05) is 10.4 Å². The summed E-state index contributed by atoms with van der Waals surface area (Å²) < 4.78 is 11.6. The van der Waals surface area contributed by atoms with E-state index in [0.717, 1.165) is 35.0 Å². The van der Waals surface area contributed by atoms with Gasteiger partial charge in [-0.3, -0.25) is 4.79 Å². The lowest BCUT2D eigenvalue weighted by Crippen LogP contribution is -2.21. The Labute approximate surface area is 128 Å². The van der Waals surface area contributed by atoms with E-state index in [1.54, 1.807) is 7.11 Å². The van der Waals surface area contributed by atoms with Crippen molar-refractivity contribution in [3.05, 3.63) is 28.2 Å². The fourth-order valence-electron chi connectivity index (χ4n) is 2.95. The molecule has 0 N–H and O–H groups in total. The second kappa shape index (κ2) is 6.17. The third-order valence-corrected chi connectivity index (χ3v) is 4.75. The van der Waals surface area contributed by atoms with Gasteiger partial charge in [0.2, 0.25) is 0 Å². The Kier molecular flexibility index (Phi) is 4.74. The molecule has 0 heterocycles. The first-order chi connectivity index (χ1) is 9.58. The highest BCUT2D eigenvalue weighted by atomic mass is 79.9. The average molecular weight is 341 g/mol. The van der Waals surface area contributed by atoms with E-state index >= 15 is 0 Å². The van der Waals surface area contributed by atoms with Crippen molar-refractivity contribution >= 4 is 21.9 Å². The maximum absolute atomic E-state index is 12.3. The third kappa shape index (κ3) is 2.71. The van der Waals surface area contributed by atoms with Gasteiger partial charge in [-0.1, -0.05) is 29.3 Å². The van der Waals surface area contributed by atoms with Gasteiger partial charge in [0.1, 0.15) is 5.75 Å². The van der Waals surface area contributed by atoms with E-state index in [1.165, 1.54) is 0 Å². The SMILES string of the molecule is CCCC1(C(=O)OCC)CC1c1cc(OC)ccc1Br. The van der Waals surface area contributed by atoms with E-state index < -0.39 is 0 Å². The van der Waals surface area contributed by atoms with Crippen LogP contribution < -0.4 is 4.74 Å². The second-order valence-corrected chi connectivity index (χ2v) is 6.13. The first-order valence-electron chi connectivity index (χ1n) is 7.09. The first-order valence-corrected chi connectivity index (χ1v) is 7.89. The van der Waals surface area contributed by atoms with E-state index in [-0.39, 0.29) is 17.3 Å². The first kappa shape index (κ1) is 15.4. The summed E-state index contributed by atoms with van der Waals surface area (Å²) in [5.74, 6) is 0.997. The minimum Gasteiger partial charge on any atom is -0.497 e. The number of carbonyl (C=O) groups excluding carboxylic acids is 1. The van der Waals surface area contributed by atoms with Crippen molar-refractivity contribution in [2.75, 3.05) is 13.7 Å². The van der Waals surface area contributed by atoms with E-state index in [2.05, 4.69) is 22.9 Å². The molecule has 2 atom stereocenters. The predicted molar refractivity (Wildman–Crippen MR) is 82.0 cm³/mol. The molecule has 1 aromatic carbocycles. The second-order valence-electron chi connectivity index (χ2n) is 5.27. The van der Waals surface area contributed by atoms with Crippen LogP contribution in [0.4, 0.5) is 0 Å². The van der Waals surface area contributed by atoms with Crippen molar-refractivity contribution < 1.29 is 14.3 Å². The van der Waals surface area contributed by atoms with Crippen molar-refractivity contribution in [3.8, 4) is 5.75 Å². The lowest BCUT2D eigenvalue weighted by atomic mass is 9.94. The zero-order valence-corrected chi connectivity index (χ0v) is 13.8. The number of hydrogen-bond acceptors (Lipinski definition) is 3. The molecule has 1 aliphatic carbocycles. The van der Waals surface area contributed by atoms with Gasteiger partial charge >= 0.3 is 5.97 Å². The number of halogens is 1. The molecule has 0 amide bonds. The molecule has 0 saturated heterocycles. The number of rotatable bonds is 6. The molecule has 1 saturated carbocycles. The fraction of sp³-hybridized carbons (Fsp3) is 0.562. The summed E-state index contributed by atoms with van der Waals surface area (Å²) in [6.45, 7) is 4.41. The summed E-state index contributed by atoms with van der Waals surface area (Å²) in [4.78, 5) is 12.3. The van der Waals surface area contributed by atoms with Crippen molar-refractivity contribution in [2.45, 2.75) is 39.0 Å². The Morgan fingerprint density at radius 1 is 1.45 bits per heavy atom. The van der Waals surface area contributed by atoms with Gasteiger partial charge in [0.05, 0.1) is 19.1 Å². The number of methoxy groups -OCH3 is 1. The van der Waals surface area contributed by atoms with Gasteiger partial charge in [-0.05, 0) is 43.5 Å². The number of hydrogen-bond donors (Lipinski definition) is 0. The molecule has 2 rings (SSSR count). The molecule has 1 fully saturated rings. The molecule has 4 heteroatoms. The van der Waals surface area contributed by atoms with Gasteiger partial charge in [-0.2, -0.15) is 0 Å². The van der Waals surface area contributed by atoms with Crippen molar-refractivity contribution in [1.29, 1.82) is 0 Å². The molecule has 20 heavy (non-hydrogen) atoms. The Bertz CT molecular complexity index is 500. The Morgan fingerprint density at radius 3 is 2.80 bits per heavy atom. The Morgan fingerprint density at radius 2 is 2.20 bits per heavy atom. The number of esters is 1. The highest BCUT2D eigenvalue weighted by Crippen LogP contribution is 2.64. The zero-order valence-electron chi connectivity index (χ0n) is 12.2. The molecular formula is C16H21BrO3. The maximum atomic E-state index is 12.3. The molecule has 0 aliphatic heterocycles. The van der Waals surface area contributed by atoms with Gasteiger partial charge in [-0.25, -0.2) is 0 Å². The van der Waals surface area contributed by atoms with Crippen LogP contribution in [0, 0.1) is 5.41 Å². The van der Waals surface area contributed by atoms with Crippen LogP contribution >= 0.6 is 15.9 Å². The molecule has 2 unspecified atom stereocenters. The van der Waals surface area contributed by atoms with Crippen LogP contribution in [0.3, 0.4) is 0 Å². The Balaban J connectivity index is 2.28. The van der Waals surface area contributed by atoms with E-state index in [1.807, 2.05) is 25.1 Å². The largest absolute Gasteiger partial charge is 0.497 e. The summed E-state index contributed by atoms with van der Waals surface area (Å²) in [6.07, 6.45) is 2.72. The lowest BCUT2D eigenvalue weighted by molar-refractivity contribution is -0.150. The van der Waals surface area contributed by atoms with Crippen LogP contribution in [-0.4, -0.2) is 19.7 Å². The Hall–Kier alpha value is -1.03. The smallest absolute Gasteiger partial charge is 0.312 e. The monoisotopic (exact) mass is 340 g/mol. The number of ether oxygens (including phenoxy) is 2. The molecule has 1 aliphatic rings. The van der Waals surface area contributed by atoms with Gasteiger partial charge < -0.3 is 9.47 Å². The molecule has 0 bridgehead atoms. The summed E-state index contributed by atoms with van der Waals surface area (Å²) in [6, 6.07) is 5.92. The maximum Gasteiger partial charge on any atom is 0.312 e. The third-order valence-electron chi connectivity index (χ3n) is 4.03. The summed E-state index contributed by atoms with van der Waals surface area (Å²) in [7, 11) is 1.66. The normalized spacial score (nSPS) is 24.3. The molecule has 0 radical (unpaired) electrons. The minimum absolute atomic E-state index is 0.0541. The summed E-state index contributed by atoms with van der Waals surface area (Å²) in [5, 5.41) is 0. The van der Waals surface area contributed by atoms with Gasteiger partial charge in [0.25, 0.3) is 0 Å². The quantitative estimate of drug-likeness (QED) is 0.724. The summed E-state index contributed by atoms with van der Waals surface area (Å²) >= 11 is 3.58.